The van der Waals surface area contributed by atoms with Crippen molar-refractivity contribution in [2.45, 2.75) is 12.5 Å². The van der Waals surface area contributed by atoms with Crippen molar-refractivity contribution in [3.05, 3.63) is 52.4 Å². The van der Waals surface area contributed by atoms with Crippen LogP contribution >= 0.6 is 11.6 Å². The van der Waals surface area contributed by atoms with Crippen LogP contribution in [0.3, 0.4) is 0 Å². The molecule has 0 spiro atoms. The first-order valence-corrected chi connectivity index (χ1v) is 6.34. The first-order valence-electron chi connectivity index (χ1n) is 5.96. The summed E-state index contributed by atoms with van der Waals surface area (Å²) < 4.78 is 11.0. The van der Waals surface area contributed by atoms with Gasteiger partial charge in [0.15, 0.2) is 5.22 Å². The Labute approximate surface area is 111 Å². The third-order valence-corrected chi connectivity index (χ3v) is 3.42. The van der Waals surface area contributed by atoms with Crippen LogP contribution in [0.1, 0.15) is 22.9 Å². The number of benzene rings is 1. The van der Waals surface area contributed by atoms with E-state index in [4.69, 9.17) is 20.8 Å². The van der Waals surface area contributed by atoms with Crippen LogP contribution in [0.5, 0.6) is 5.75 Å². The molecular formula is C14H14ClNO2. The van der Waals surface area contributed by atoms with Crippen molar-refractivity contribution in [3.8, 4) is 5.75 Å². The Balaban J connectivity index is 1.96. The molecule has 0 fully saturated rings. The number of nitrogens with one attached hydrogen (secondary N) is 1. The van der Waals surface area contributed by atoms with Crippen molar-refractivity contribution in [2.24, 2.45) is 0 Å². The maximum absolute atomic E-state index is 5.83. The lowest BCUT2D eigenvalue weighted by atomic mass is 10.0. The topological polar surface area (TPSA) is 34.4 Å². The number of hydrogen-bond acceptors (Lipinski definition) is 3. The van der Waals surface area contributed by atoms with E-state index in [-0.39, 0.29) is 6.04 Å². The first-order chi connectivity index (χ1) is 8.78. The van der Waals surface area contributed by atoms with E-state index in [1.807, 2.05) is 19.2 Å². The van der Waals surface area contributed by atoms with E-state index in [0.717, 1.165) is 30.1 Å². The molecule has 1 aliphatic rings. The first kappa shape index (κ1) is 11.6. The van der Waals surface area contributed by atoms with Gasteiger partial charge in [-0.05, 0) is 54.0 Å². The summed E-state index contributed by atoms with van der Waals surface area (Å²) in [4.78, 5) is 0. The van der Waals surface area contributed by atoms with Crippen molar-refractivity contribution in [2.75, 3.05) is 13.7 Å². The van der Waals surface area contributed by atoms with Crippen LogP contribution in [0.4, 0.5) is 0 Å². The second kappa shape index (κ2) is 4.67. The highest BCUT2D eigenvalue weighted by molar-refractivity contribution is 6.28. The summed E-state index contributed by atoms with van der Waals surface area (Å²) in [6.45, 7) is 0.773. The van der Waals surface area contributed by atoms with E-state index < -0.39 is 0 Å². The molecule has 18 heavy (non-hydrogen) atoms. The molecule has 2 aromatic rings. The summed E-state index contributed by atoms with van der Waals surface area (Å²) in [5.41, 5.74) is 2.41. The molecule has 4 heteroatoms. The Kier molecular flexibility index (Phi) is 3.02. The molecule has 3 rings (SSSR count). The van der Waals surface area contributed by atoms with Gasteiger partial charge in [0.25, 0.3) is 0 Å². The van der Waals surface area contributed by atoms with Gasteiger partial charge < -0.3 is 14.5 Å². The SMILES string of the molecule is CNC(c1ccc2c(c1)CCO2)c1ccc(Cl)o1. The molecule has 1 aliphatic heterocycles. The van der Waals surface area contributed by atoms with Gasteiger partial charge in [-0.1, -0.05) is 6.07 Å². The van der Waals surface area contributed by atoms with Crippen molar-refractivity contribution in [1.29, 1.82) is 0 Å². The molecule has 1 N–H and O–H groups in total. The van der Waals surface area contributed by atoms with Crippen molar-refractivity contribution >= 4 is 11.6 Å². The summed E-state index contributed by atoms with van der Waals surface area (Å²) in [7, 11) is 1.91. The van der Waals surface area contributed by atoms with Gasteiger partial charge in [-0.15, -0.1) is 0 Å². The molecule has 0 aliphatic carbocycles. The molecule has 94 valence electrons. The van der Waals surface area contributed by atoms with Gasteiger partial charge in [-0.2, -0.15) is 0 Å². The largest absolute Gasteiger partial charge is 0.493 e. The number of furan rings is 1. The van der Waals surface area contributed by atoms with Gasteiger partial charge in [0.2, 0.25) is 0 Å². The third-order valence-electron chi connectivity index (χ3n) is 3.21. The molecule has 3 nitrogen and oxygen atoms in total. The predicted octanol–water partition coefficient (Wildman–Crippen LogP) is 3.18. The summed E-state index contributed by atoms with van der Waals surface area (Å²) in [6, 6.07) is 9.92. The highest BCUT2D eigenvalue weighted by atomic mass is 35.5. The van der Waals surface area contributed by atoms with Crippen LogP contribution in [0.25, 0.3) is 0 Å². The average Bonchev–Trinajstić information content (AvgIpc) is 2.99. The minimum atomic E-state index is 0.0170. The quantitative estimate of drug-likeness (QED) is 0.924. The summed E-state index contributed by atoms with van der Waals surface area (Å²) >= 11 is 5.83. The van der Waals surface area contributed by atoms with Crippen molar-refractivity contribution in [3.63, 3.8) is 0 Å². The molecule has 1 atom stereocenters. The Morgan fingerprint density at radius 3 is 2.89 bits per heavy atom. The van der Waals surface area contributed by atoms with Gasteiger partial charge in [-0.3, -0.25) is 0 Å². The zero-order valence-electron chi connectivity index (χ0n) is 10.1. The molecule has 0 saturated carbocycles. The van der Waals surface area contributed by atoms with Crippen LogP contribution in [0, 0.1) is 0 Å². The van der Waals surface area contributed by atoms with Gasteiger partial charge in [0.05, 0.1) is 12.6 Å². The highest BCUT2D eigenvalue weighted by Gasteiger charge is 2.19. The van der Waals surface area contributed by atoms with Gasteiger partial charge in [-0.25, -0.2) is 0 Å². The molecule has 0 radical (unpaired) electrons. The maximum atomic E-state index is 5.83. The predicted molar refractivity (Wildman–Crippen MR) is 70.3 cm³/mol. The van der Waals surface area contributed by atoms with E-state index in [1.54, 1.807) is 6.07 Å². The molecule has 0 saturated heterocycles. The second-order valence-electron chi connectivity index (χ2n) is 4.33. The van der Waals surface area contributed by atoms with E-state index >= 15 is 0 Å². The summed E-state index contributed by atoms with van der Waals surface area (Å²) in [6.07, 6.45) is 0.971. The van der Waals surface area contributed by atoms with Gasteiger partial charge in [0, 0.05) is 6.42 Å². The zero-order valence-corrected chi connectivity index (χ0v) is 10.8. The number of halogens is 1. The average molecular weight is 264 g/mol. The van der Waals surface area contributed by atoms with Crippen molar-refractivity contribution in [1.82, 2.24) is 5.32 Å². The number of ether oxygens (including phenoxy) is 1. The standard InChI is InChI=1S/C14H14ClNO2/c1-16-14(12-4-5-13(15)18-12)10-2-3-11-9(8-10)6-7-17-11/h2-5,8,14,16H,6-7H2,1H3. The van der Waals surface area contributed by atoms with Crippen LogP contribution < -0.4 is 10.1 Å². The zero-order chi connectivity index (χ0) is 12.5. The molecule has 1 aromatic heterocycles. The lowest BCUT2D eigenvalue weighted by molar-refractivity contribution is 0.356. The number of fused-ring (bicyclic) bond motifs is 1. The second-order valence-corrected chi connectivity index (χ2v) is 4.70. The Hall–Kier alpha value is -1.45. The normalized spacial score (nSPS) is 15.2. The molecule has 0 amide bonds. The molecular weight excluding hydrogens is 250 g/mol. The van der Waals surface area contributed by atoms with Crippen LogP contribution in [-0.2, 0) is 6.42 Å². The lowest BCUT2D eigenvalue weighted by Gasteiger charge is -2.15. The Morgan fingerprint density at radius 2 is 2.17 bits per heavy atom. The maximum Gasteiger partial charge on any atom is 0.193 e. The lowest BCUT2D eigenvalue weighted by Crippen LogP contribution is -2.17. The number of hydrogen-bond donors (Lipinski definition) is 1. The van der Waals surface area contributed by atoms with Gasteiger partial charge >= 0.3 is 0 Å². The fourth-order valence-corrected chi connectivity index (χ4v) is 2.49. The molecule has 2 heterocycles. The molecule has 1 unspecified atom stereocenters. The fourth-order valence-electron chi connectivity index (χ4n) is 2.34. The summed E-state index contributed by atoms with van der Waals surface area (Å²) in [5.74, 6) is 1.81. The van der Waals surface area contributed by atoms with E-state index in [0.29, 0.717) is 5.22 Å². The van der Waals surface area contributed by atoms with E-state index in [9.17, 15) is 0 Å². The Bertz CT molecular complexity index is 565. The highest BCUT2D eigenvalue weighted by Crippen LogP contribution is 2.31. The van der Waals surface area contributed by atoms with Crippen molar-refractivity contribution < 1.29 is 9.15 Å². The monoisotopic (exact) mass is 263 g/mol. The van der Waals surface area contributed by atoms with E-state index in [1.165, 1.54) is 5.56 Å². The molecule has 0 bridgehead atoms. The van der Waals surface area contributed by atoms with Crippen LogP contribution in [-0.4, -0.2) is 13.7 Å². The summed E-state index contributed by atoms with van der Waals surface area (Å²) in [5, 5.41) is 3.66. The minimum absolute atomic E-state index is 0.0170. The fraction of sp³-hybridized carbons (Fsp3) is 0.286. The molecule has 1 aromatic carbocycles. The van der Waals surface area contributed by atoms with Gasteiger partial charge in [0.1, 0.15) is 11.5 Å². The van der Waals surface area contributed by atoms with E-state index in [2.05, 4.69) is 17.4 Å². The number of rotatable bonds is 3. The van der Waals surface area contributed by atoms with Crippen LogP contribution in [0.15, 0.2) is 34.7 Å². The Morgan fingerprint density at radius 1 is 1.28 bits per heavy atom. The third kappa shape index (κ3) is 2.00. The minimum Gasteiger partial charge on any atom is -0.493 e. The van der Waals surface area contributed by atoms with Crippen LogP contribution in [0.2, 0.25) is 5.22 Å². The smallest absolute Gasteiger partial charge is 0.193 e.